The van der Waals surface area contributed by atoms with Crippen LogP contribution in [0.25, 0.3) is 0 Å². The number of rotatable bonds is 0. The molecular formula is C8H12N2O. The van der Waals surface area contributed by atoms with Gasteiger partial charge in [-0.3, -0.25) is 0 Å². The topological polar surface area (TPSA) is 38.0 Å². The third-order valence-electron chi connectivity index (χ3n) is 2.29. The molecule has 0 saturated carbocycles. The first-order chi connectivity index (χ1) is 5.29. The van der Waals surface area contributed by atoms with Crippen LogP contribution >= 0.6 is 0 Å². The largest absolute Gasteiger partial charge is 0.493 e. The van der Waals surface area contributed by atoms with Crippen molar-refractivity contribution in [2.75, 3.05) is 0 Å². The SMILES string of the molecule is Cn1nc2c(c1O)CCCC2. The minimum Gasteiger partial charge on any atom is -0.493 e. The van der Waals surface area contributed by atoms with Crippen molar-refractivity contribution in [1.82, 2.24) is 9.78 Å². The van der Waals surface area contributed by atoms with Gasteiger partial charge < -0.3 is 5.11 Å². The summed E-state index contributed by atoms with van der Waals surface area (Å²) in [6, 6.07) is 0. The Labute approximate surface area is 65.7 Å². The maximum Gasteiger partial charge on any atom is 0.212 e. The molecule has 0 amide bonds. The molecule has 1 aromatic rings. The molecule has 1 aliphatic rings. The van der Waals surface area contributed by atoms with Crippen LogP contribution in [0.2, 0.25) is 0 Å². The summed E-state index contributed by atoms with van der Waals surface area (Å²) >= 11 is 0. The first-order valence-electron chi connectivity index (χ1n) is 4.03. The summed E-state index contributed by atoms with van der Waals surface area (Å²) in [5.74, 6) is 0.361. The normalized spacial score (nSPS) is 16.5. The van der Waals surface area contributed by atoms with E-state index in [1.54, 1.807) is 11.7 Å². The first-order valence-corrected chi connectivity index (χ1v) is 4.03. The van der Waals surface area contributed by atoms with E-state index in [2.05, 4.69) is 5.10 Å². The molecule has 0 fully saturated rings. The summed E-state index contributed by atoms with van der Waals surface area (Å²) in [4.78, 5) is 0. The molecule has 1 heterocycles. The van der Waals surface area contributed by atoms with Gasteiger partial charge in [0, 0.05) is 12.6 Å². The third-order valence-corrected chi connectivity index (χ3v) is 2.29. The predicted octanol–water partition coefficient (Wildman–Crippen LogP) is 1.00. The molecule has 0 unspecified atom stereocenters. The number of fused-ring (bicyclic) bond motifs is 1. The van der Waals surface area contributed by atoms with Crippen molar-refractivity contribution in [3.8, 4) is 5.88 Å². The lowest BCUT2D eigenvalue weighted by Gasteiger charge is -2.07. The molecule has 1 aliphatic carbocycles. The summed E-state index contributed by atoms with van der Waals surface area (Å²) in [7, 11) is 1.79. The second-order valence-corrected chi connectivity index (χ2v) is 3.08. The zero-order valence-electron chi connectivity index (χ0n) is 6.67. The van der Waals surface area contributed by atoms with E-state index in [0.29, 0.717) is 5.88 Å². The molecule has 0 saturated heterocycles. The highest BCUT2D eigenvalue weighted by molar-refractivity contribution is 5.32. The lowest BCUT2D eigenvalue weighted by Crippen LogP contribution is -2.00. The minimum atomic E-state index is 0.361. The Bertz CT molecular complexity index is 278. The maximum atomic E-state index is 9.48. The zero-order chi connectivity index (χ0) is 7.84. The van der Waals surface area contributed by atoms with E-state index in [4.69, 9.17) is 0 Å². The standard InChI is InChI=1S/C8H12N2O/c1-10-8(11)6-4-2-3-5-7(6)9-10/h11H,2-5H2,1H3. The van der Waals surface area contributed by atoms with Crippen molar-refractivity contribution in [2.24, 2.45) is 7.05 Å². The van der Waals surface area contributed by atoms with Crippen LogP contribution in [0.15, 0.2) is 0 Å². The van der Waals surface area contributed by atoms with Gasteiger partial charge in [0.2, 0.25) is 5.88 Å². The van der Waals surface area contributed by atoms with Gasteiger partial charge in [0.15, 0.2) is 0 Å². The Morgan fingerprint density at radius 1 is 1.36 bits per heavy atom. The van der Waals surface area contributed by atoms with Crippen LogP contribution in [0, 0.1) is 0 Å². The average Bonchev–Trinajstić information content (AvgIpc) is 2.30. The molecule has 3 heteroatoms. The van der Waals surface area contributed by atoms with Crippen molar-refractivity contribution < 1.29 is 5.11 Å². The number of hydrogen-bond donors (Lipinski definition) is 1. The Morgan fingerprint density at radius 2 is 2.09 bits per heavy atom. The minimum absolute atomic E-state index is 0.361. The van der Waals surface area contributed by atoms with Crippen LogP contribution < -0.4 is 0 Å². The monoisotopic (exact) mass is 152 g/mol. The molecule has 0 radical (unpaired) electrons. The fraction of sp³-hybridized carbons (Fsp3) is 0.625. The van der Waals surface area contributed by atoms with Crippen LogP contribution in [-0.4, -0.2) is 14.9 Å². The first kappa shape index (κ1) is 6.70. The van der Waals surface area contributed by atoms with Gasteiger partial charge in [0.1, 0.15) is 0 Å². The Kier molecular flexibility index (Phi) is 1.37. The molecule has 0 aromatic carbocycles. The van der Waals surface area contributed by atoms with Gasteiger partial charge >= 0.3 is 0 Å². The van der Waals surface area contributed by atoms with Crippen molar-refractivity contribution in [1.29, 1.82) is 0 Å². The number of aromatic hydroxyl groups is 1. The van der Waals surface area contributed by atoms with E-state index in [-0.39, 0.29) is 0 Å². The van der Waals surface area contributed by atoms with Crippen LogP contribution in [0.1, 0.15) is 24.1 Å². The number of aryl methyl sites for hydroxylation is 2. The Hall–Kier alpha value is -0.990. The molecule has 0 bridgehead atoms. The highest BCUT2D eigenvalue weighted by Crippen LogP contribution is 2.27. The summed E-state index contributed by atoms with van der Waals surface area (Å²) < 4.78 is 1.57. The second-order valence-electron chi connectivity index (χ2n) is 3.08. The van der Waals surface area contributed by atoms with Gasteiger partial charge in [-0.2, -0.15) is 5.10 Å². The molecular weight excluding hydrogens is 140 g/mol. The summed E-state index contributed by atoms with van der Waals surface area (Å²) in [5.41, 5.74) is 2.16. The third kappa shape index (κ3) is 0.914. The zero-order valence-corrected chi connectivity index (χ0v) is 6.67. The second kappa shape index (κ2) is 2.26. The molecule has 11 heavy (non-hydrogen) atoms. The van der Waals surface area contributed by atoms with Crippen molar-refractivity contribution in [3.63, 3.8) is 0 Å². The molecule has 0 spiro atoms. The van der Waals surface area contributed by atoms with Crippen molar-refractivity contribution >= 4 is 0 Å². The molecule has 0 atom stereocenters. The highest BCUT2D eigenvalue weighted by atomic mass is 16.3. The van der Waals surface area contributed by atoms with E-state index >= 15 is 0 Å². The summed E-state index contributed by atoms with van der Waals surface area (Å²) in [6.45, 7) is 0. The highest BCUT2D eigenvalue weighted by Gasteiger charge is 2.17. The Morgan fingerprint density at radius 3 is 2.82 bits per heavy atom. The van der Waals surface area contributed by atoms with Crippen LogP contribution in [0.5, 0.6) is 5.88 Å². The van der Waals surface area contributed by atoms with Gasteiger partial charge in [-0.05, 0) is 25.7 Å². The van der Waals surface area contributed by atoms with Crippen molar-refractivity contribution in [3.05, 3.63) is 11.3 Å². The van der Waals surface area contributed by atoms with Gasteiger partial charge in [-0.15, -0.1) is 0 Å². The summed E-state index contributed by atoms with van der Waals surface area (Å²) in [5, 5.41) is 13.7. The maximum absolute atomic E-state index is 9.48. The fourth-order valence-corrected chi connectivity index (χ4v) is 1.66. The molecule has 3 nitrogen and oxygen atoms in total. The van der Waals surface area contributed by atoms with Crippen LogP contribution in [0.3, 0.4) is 0 Å². The van der Waals surface area contributed by atoms with Crippen LogP contribution in [-0.2, 0) is 19.9 Å². The lowest BCUT2D eigenvalue weighted by molar-refractivity contribution is 0.413. The smallest absolute Gasteiger partial charge is 0.212 e. The van der Waals surface area contributed by atoms with E-state index < -0.39 is 0 Å². The van der Waals surface area contributed by atoms with Crippen molar-refractivity contribution in [2.45, 2.75) is 25.7 Å². The van der Waals surface area contributed by atoms with E-state index in [9.17, 15) is 5.11 Å². The van der Waals surface area contributed by atoms with E-state index in [0.717, 1.165) is 24.1 Å². The predicted molar refractivity (Wildman–Crippen MR) is 41.5 cm³/mol. The number of nitrogens with zero attached hydrogens (tertiary/aromatic N) is 2. The quantitative estimate of drug-likeness (QED) is 0.602. The van der Waals surface area contributed by atoms with E-state index in [1.807, 2.05) is 0 Å². The number of hydrogen-bond acceptors (Lipinski definition) is 2. The summed E-state index contributed by atoms with van der Waals surface area (Å²) in [6.07, 6.45) is 4.43. The lowest BCUT2D eigenvalue weighted by atomic mass is 9.98. The van der Waals surface area contributed by atoms with Crippen LogP contribution in [0.4, 0.5) is 0 Å². The van der Waals surface area contributed by atoms with E-state index in [1.165, 1.54) is 12.8 Å². The van der Waals surface area contributed by atoms with Gasteiger partial charge in [0.25, 0.3) is 0 Å². The molecule has 2 rings (SSSR count). The average molecular weight is 152 g/mol. The van der Waals surface area contributed by atoms with Gasteiger partial charge in [0.05, 0.1) is 5.69 Å². The van der Waals surface area contributed by atoms with Gasteiger partial charge in [-0.25, -0.2) is 4.68 Å². The Balaban J connectivity index is 2.50. The number of aromatic nitrogens is 2. The molecule has 1 aromatic heterocycles. The molecule has 60 valence electrons. The molecule has 1 N–H and O–H groups in total. The molecule has 0 aliphatic heterocycles. The fourth-order valence-electron chi connectivity index (χ4n) is 1.66. The van der Waals surface area contributed by atoms with Gasteiger partial charge in [-0.1, -0.05) is 0 Å².